The lowest BCUT2D eigenvalue weighted by molar-refractivity contribution is -0.145. The molecule has 8 nitrogen and oxygen atoms in total. The second-order valence-electron chi connectivity index (χ2n) is 8.01. The SMILES string of the molecule is CCOC(=O)COc1c(Cl)cc(C2NC(=O)NC(c3ccccc3)=C2C(=O)c2ccccc2)cc1OC. The molecule has 0 aliphatic carbocycles. The van der Waals surface area contributed by atoms with E-state index in [9.17, 15) is 14.4 Å². The van der Waals surface area contributed by atoms with Gasteiger partial charge in [0.1, 0.15) is 0 Å². The van der Waals surface area contributed by atoms with Gasteiger partial charge in [0.05, 0.1) is 36.1 Å². The number of halogens is 1. The molecule has 3 aromatic rings. The predicted molar refractivity (Wildman–Crippen MR) is 139 cm³/mol. The lowest BCUT2D eigenvalue weighted by atomic mass is 9.87. The van der Waals surface area contributed by atoms with E-state index in [1.54, 1.807) is 43.3 Å². The Balaban J connectivity index is 1.83. The number of amides is 2. The molecule has 190 valence electrons. The number of carbonyl (C=O) groups excluding carboxylic acids is 3. The standard InChI is InChI=1S/C28H25ClN2O6/c1-3-36-22(32)16-37-27-20(29)14-19(15-21(27)35-2)25-23(26(33)18-12-8-5-9-13-18)24(30-28(34)31-25)17-10-6-4-7-11-17/h4-15,25H,3,16H2,1-2H3,(H2,30,31,34). The molecular weight excluding hydrogens is 496 g/mol. The van der Waals surface area contributed by atoms with Crippen LogP contribution in [0.4, 0.5) is 4.79 Å². The average Bonchev–Trinajstić information content (AvgIpc) is 2.92. The summed E-state index contributed by atoms with van der Waals surface area (Å²) in [5, 5.41) is 5.78. The first-order valence-electron chi connectivity index (χ1n) is 11.6. The Labute approximate surface area is 219 Å². The summed E-state index contributed by atoms with van der Waals surface area (Å²) in [5.74, 6) is -0.451. The first-order valence-corrected chi connectivity index (χ1v) is 11.9. The molecular formula is C28H25ClN2O6. The van der Waals surface area contributed by atoms with E-state index in [2.05, 4.69) is 10.6 Å². The van der Waals surface area contributed by atoms with Crippen molar-refractivity contribution in [2.45, 2.75) is 13.0 Å². The van der Waals surface area contributed by atoms with Crippen molar-refractivity contribution in [3.63, 3.8) is 0 Å². The number of hydrogen-bond donors (Lipinski definition) is 2. The monoisotopic (exact) mass is 520 g/mol. The largest absolute Gasteiger partial charge is 0.493 e. The van der Waals surface area contributed by atoms with E-state index in [0.29, 0.717) is 28.0 Å². The van der Waals surface area contributed by atoms with Crippen LogP contribution in [0.15, 0.2) is 78.4 Å². The van der Waals surface area contributed by atoms with Gasteiger partial charge in [0.15, 0.2) is 23.9 Å². The highest BCUT2D eigenvalue weighted by Gasteiger charge is 2.34. The fraction of sp³-hybridized carbons (Fsp3) is 0.179. The number of hydrogen-bond acceptors (Lipinski definition) is 6. The fourth-order valence-corrected chi connectivity index (χ4v) is 4.29. The van der Waals surface area contributed by atoms with Crippen molar-refractivity contribution >= 4 is 35.1 Å². The molecule has 4 rings (SSSR count). The van der Waals surface area contributed by atoms with Gasteiger partial charge >= 0.3 is 12.0 Å². The van der Waals surface area contributed by atoms with Gasteiger partial charge < -0.3 is 24.8 Å². The summed E-state index contributed by atoms with van der Waals surface area (Å²) < 4.78 is 15.9. The van der Waals surface area contributed by atoms with Gasteiger partial charge in [-0.3, -0.25) is 4.79 Å². The summed E-state index contributed by atoms with van der Waals surface area (Å²) in [6.07, 6.45) is 0. The summed E-state index contributed by atoms with van der Waals surface area (Å²) in [6, 6.07) is 19.8. The maximum absolute atomic E-state index is 13.8. The first-order chi connectivity index (χ1) is 17.9. The van der Waals surface area contributed by atoms with Crippen LogP contribution in [-0.2, 0) is 9.53 Å². The van der Waals surface area contributed by atoms with Gasteiger partial charge in [-0.1, -0.05) is 72.3 Å². The number of ether oxygens (including phenoxy) is 3. The Morgan fingerprint density at radius 1 is 1.00 bits per heavy atom. The van der Waals surface area contributed by atoms with E-state index in [1.165, 1.54) is 7.11 Å². The van der Waals surface area contributed by atoms with Crippen molar-refractivity contribution in [2.24, 2.45) is 0 Å². The molecule has 1 aliphatic heterocycles. The summed E-state index contributed by atoms with van der Waals surface area (Å²) in [7, 11) is 1.43. The van der Waals surface area contributed by atoms with E-state index in [0.717, 1.165) is 0 Å². The molecule has 0 aromatic heterocycles. The van der Waals surface area contributed by atoms with Crippen molar-refractivity contribution in [2.75, 3.05) is 20.3 Å². The van der Waals surface area contributed by atoms with Crippen LogP contribution in [0.25, 0.3) is 5.70 Å². The molecule has 2 amide bonds. The Bertz CT molecular complexity index is 1340. The van der Waals surface area contributed by atoms with Gasteiger partial charge in [-0.15, -0.1) is 0 Å². The zero-order valence-corrected chi connectivity index (χ0v) is 21.0. The van der Waals surface area contributed by atoms with Gasteiger partial charge in [-0.2, -0.15) is 0 Å². The van der Waals surface area contributed by atoms with E-state index in [4.69, 9.17) is 25.8 Å². The topological polar surface area (TPSA) is 103 Å². The van der Waals surface area contributed by atoms with Gasteiger partial charge in [0.2, 0.25) is 0 Å². The number of nitrogens with one attached hydrogen (secondary N) is 2. The number of rotatable bonds is 9. The molecule has 0 fully saturated rings. The lowest BCUT2D eigenvalue weighted by Crippen LogP contribution is -2.45. The van der Waals surface area contributed by atoms with Gasteiger partial charge in [-0.25, -0.2) is 9.59 Å². The number of ketones is 1. The smallest absolute Gasteiger partial charge is 0.344 e. The number of methoxy groups -OCH3 is 1. The van der Waals surface area contributed by atoms with Crippen LogP contribution in [-0.4, -0.2) is 38.1 Å². The third-order valence-electron chi connectivity index (χ3n) is 5.64. The second kappa shape index (κ2) is 11.6. The average molecular weight is 521 g/mol. The number of Topliss-reactive ketones (excluding diaryl/α,β-unsaturated/α-hetero) is 1. The van der Waals surface area contributed by atoms with Crippen molar-refractivity contribution in [1.29, 1.82) is 0 Å². The molecule has 1 unspecified atom stereocenters. The van der Waals surface area contributed by atoms with Crippen LogP contribution in [0, 0.1) is 0 Å². The molecule has 37 heavy (non-hydrogen) atoms. The van der Waals surface area contributed by atoms with E-state index < -0.39 is 18.0 Å². The highest BCUT2D eigenvalue weighted by molar-refractivity contribution is 6.32. The Morgan fingerprint density at radius 2 is 1.68 bits per heavy atom. The Kier molecular flexibility index (Phi) is 8.10. The maximum atomic E-state index is 13.8. The number of urea groups is 1. The van der Waals surface area contributed by atoms with Crippen LogP contribution in [0.2, 0.25) is 5.02 Å². The molecule has 9 heteroatoms. The van der Waals surface area contributed by atoms with Crippen molar-refractivity contribution in [3.05, 3.63) is 100 Å². The Morgan fingerprint density at radius 3 is 2.32 bits per heavy atom. The molecule has 3 aromatic carbocycles. The predicted octanol–water partition coefficient (Wildman–Crippen LogP) is 4.94. The van der Waals surface area contributed by atoms with Crippen LogP contribution >= 0.6 is 11.6 Å². The van der Waals surface area contributed by atoms with Gasteiger partial charge in [0, 0.05) is 5.56 Å². The number of carbonyl (C=O) groups is 3. The third-order valence-corrected chi connectivity index (χ3v) is 5.92. The van der Waals surface area contributed by atoms with Crippen LogP contribution in [0.1, 0.15) is 34.5 Å². The van der Waals surface area contributed by atoms with Crippen LogP contribution < -0.4 is 20.1 Å². The van der Waals surface area contributed by atoms with Gasteiger partial charge in [-0.05, 0) is 30.2 Å². The van der Waals surface area contributed by atoms with Crippen molar-refractivity contribution < 1.29 is 28.6 Å². The lowest BCUT2D eigenvalue weighted by Gasteiger charge is -2.30. The van der Waals surface area contributed by atoms with Gasteiger partial charge in [0.25, 0.3) is 0 Å². The molecule has 0 spiro atoms. The summed E-state index contributed by atoms with van der Waals surface area (Å²) in [5.41, 5.74) is 2.35. The molecule has 1 heterocycles. The number of esters is 1. The normalized spacial score (nSPS) is 14.9. The molecule has 1 atom stereocenters. The van der Waals surface area contributed by atoms with E-state index in [-0.39, 0.29) is 35.5 Å². The zero-order chi connectivity index (χ0) is 26.4. The summed E-state index contributed by atoms with van der Waals surface area (Å²) >= 11 is 6.54. The fourth-order valence-electron chi connectivity index (χ4n) is 4.02. The van der Waals surface area contributed by atoms with Crippen LogP contribution in [0.3, 0.4) is 0 Å². The summed E-state index contributed by atoms with van der Waals surface area (Å²) in [4.78, 5) is 38.4. The highest BCUT2D eigenvalue weighted by atomic mass is 35.5. The summed E-state index contributed by atoms with van der Waals surface area (Å²) in [6.45, 7) is 1.55. The van der Waals surface area contributed by atoms with E-state index in [1.807, 2.05) is 36.4 Å². The third kappa shape index (κ3) is 5.76. The van der Waals surface area contributed by atoms with Crippen molar-refractivity contribution in [3.8, 4) is 11.5 Å². The first kappa shape index (κ1) is 25.8. The second-order valence-corrected chi connectivity index (χ2v) is 8.42. The maximum Gasteiger partial charge on any atom is 0.344 e. The molecule has 1 aliphatic rings. The highest BCUT2D eigenvalue weighted by Crippen LogP contribution is 2.41. The minimum absolute atomic E-state index is 0.138. The van der Waals surface area contributed by atoms with Crippen molar-refractivity contribution in [1.82, 2.24) is 10.6 Å². The number of benzene rings is 3. The minimum atomic E-state index is -0.859. The molecule has 0 bridgehead atoms. The zero-order valence-electron chi connectivity index (χ0n) is 20.2. The molecule has 0 saturated carbocycles. The minimum Gasteiger partial charge on any atom is -0.493 e. The molecule has 2 N–H and O–H groups in total. The van der Waals surface area contributed by atoms with Crippen LogP contribution in [0.5, 0.6) is 11.5 Å². The quantitative estimate of drug-likeness (QED) is 0.306. The molecule has 0 radical (unpaired) electrons. The molecule has 0 saturated heterocycles. The Hall–Kier alpha value is -4.30. The van der Waals surface area contributed by atoms with E-state index >= 15 is 0 Å².